The van der Waals surface area contributed by atoms with Crippen molar-refractivity contribution in [2.75, 3.05) is 27.3 Å². The molecule has 3 aromatic heterocycles. The highest BCUT2D eigenvalue weighted by molar-refractivity contribution is 5.89. The molecule has 5 aromatic rings. The fraction of sp³-hybridized carbons (Fsp3) is 0.354. The minimum absolute atomic E-state index is 0.0237. The molecule has 312 valence electrons. The molecule has 2 N–H and O–H groups in total. The predicted molar refractivity (Wildman–Crippen MR) is 228 cm³/mol. The smallest absolute Gasteiger partial charge is 0.306 e. The molecule has 0 aliphatic carbocycles. The van der Waals surface area contributed by atoms with Crippen LogP contribution in [0.4, 0.5) is 0 Å². The molecule has 5 heterocycles. The van der Waals surface area contributed by atoms with Crippen LogP contribution in [-0.2, 0) is 28.7 Å². The van der Waals surface area contributed by atoms with Crippen molar-refractivity contribution < 1.29 is 28.7 Å². The maximum Gasteiger partial charge on any atom is 0.306 e. The number of rotatable bonds is 12. The van der Waals surface area contributed by atoms with Gasteiger partial charge in [0.05, 0.1) is 69.1 Å². The van der Waals surface area contributed by atoms with Crippen molar-refractivity contribution in [2.45, 2.75) is 70.4 Å². The Bertz CT molecular complexity index is 2490. The molecule has 2 aliphatic heterocycles. The summed E-state index contributed by atoms with van der Waals surface area (Å²) in [5.74, 6) is 11.4. The number of aromatic amines is 2. The zero-order valence-corrected chi connectivity index (χ0v) is 34.8. The maximum atomic E-state index is 13.9. The minimum Gasteiger partial charge on any atom is -0.469 e. The number of imidazole rings is 2. The number of carbonyl (C=O) groups excluding carboxylic acids is 4. The van der Waals surface area contributed by atoms with Crippen molar-refractivity contribution in [2.24, 2.45) is 11.8 Å². The first-order valence-corrected chi connectivity index (χ1v) is 20.6. The Hall–Kier alpha value is -6.99. The summed E-state index contributed by atoms with van der Waals surface area (Å²) in [4.78, 5) is 76.2. The Balaban J connectivity index is 1.08. The van der Waals surface area contributed by atoms with E-state index in [0.717, 1.165) is 59.2 Å². The first-order chi connectivity index (χ1) is 29.6. The van der Waals surface area contributed by atoms with E-state index in [2.05, 4.69) is 43.6 Å². The Morgan fingerprint density at radius 1 is 0.754 bits per heavy atom. The summed E-state index contributed by atoms with van der Waals surface area (Å²) in [6.07, 6.45) is 10.1. The van der Waals surface area contributed by atoms with Gasteiger partial charge in [0, 0.05) is 42.2 Å². The Morgan fingerprint density at radius 2 is 1.43 bits per heavy atom. The number of carbonyl (C=O) groups is 4. The summed E-state index contributed by atoms with van der Waals surface area (Å²) < 4.78 is 9.81. The average Bonchev–Trinajstić information content (AvgIpc) is 4.14. The van der Waals surface area contributed by atoms with Gasteiger partial charge in [-0.05, 0) is 78.7 Å². The van der Waals surface area contributed by atoms with Gasteiger partial charge in [-0.25, -0.2) is 9.97 Å². The number of H-pyrrole nitrogens is 2. The summed E-state index contributed by atoms with van der Waals surface area (Å²) in [6.45, 7) is 5.06. The molecule has 61 heavy (non-hydrogen) atoms. The number of nitrogens with one attached hydrogen (secondary N) is 2. The standard InChI is InChI=1S/C48H49N7O6/c1-31(2)37(26-43(56)60-3)47(58)54-23-12-19-42(54)46-51-30-40(53-46)34-21-20-33(38(25-34)35-16-10-22-49-28-35)15-8-9-17-36-29-50-45(52-36)41-18-11-24-55(41)48(59)39(27-44(57)61-4)32-13-6-5-7-14-32/h5-7,10,13-14,16,20-22,25,28-31,37,39,41-42H,11-12,18-19,23-24,26-27H2,1-4H3,(H,50,52)(H,51,53)/t37-,39+,41-,42-/m0/s1. The van der Waals surface area contributed by atoms with Crippen LogP contribution in [0.1, 0.15) is 98.8 Å². The van der Waals surface area contributed by atoms with Crippen molar-refractivity contribution in [3.05, 3.63) is 114 Å². The molecule has 0 radical (unpaired) electrons. The number of benzene rings is 2. The molecule has 0 saturated carbocycles. The second-order valence-electron chi connectivity index (χ2n) is 15.6. The summed E-state index contributed by atoms with van der Waals surface area (Å²) in [5.41, 5.74) is 5.53. The molecule has 13 heteroatoms. The van der Waals surface area contributed by atoms with Crippen molar-refractivity contribution in [3.63, 3.8) is 0 Å². The molecular formula is C48H49N7O6. The number of ether oxygens (including phenoxy) is 2. The lowest BCUT2D eigenvalue weighted by Gasteiger charge is -2.29. The largest absolute Gasteiger partial charge is 0.469 e. The zero-order valence-electron chi connectivity index (χ0n) is 34.8. The summed E-state index contributed by atoms with van der Waals surface area (Å²) in [6, 6.07) is 18.6. The van der Waals surface area contributed by atoms with Gasteiger partial charge in [0.15, 0.2) is 0 Å². The highest BCUT2D eigenvalue weighted by Crippen LogP contribution is 2.37. The van der Waals surface area contributed by atoms with Gasteiger partial charge >= 0.3 is 11.9 Å². The van der Waals surface area contributed by atoms with E-state index in [1.807, 2.05) is 79.4 Å². The fourth-order valence-corrected chi connectivity index (χ4v) is 8.20. The molecule has 0 spiro atoms. The van der Waals surface area contributed by atoms with Gasteiger partial charge in [0.1, 0.15) is 17.3 Å². The van der Waals surface area contributed by atoms with Crippen LogP contribution in [0.15, 0.2) is 85.5 Å². The van der Waals surface area contributed by atoms with E-state index in [0.29, 0.717) is 30.4 Å². The Labute approximate surface area is 355 Å². The van der Waals surface area contributed by atoms with Gasteiger partial charge in [0.2, 0.25) is 11.8 Å². The van der Waals surface area contributed by atoms with E-state index in [1.165, 1.54) is 14.2 Å². The van der Waals surface area contributed by atoms with Crippen molar-refractivity contribution in [1.29, 1.82) is 0 Å². The van der Waals surface area contributed by atoms with Gasteiger partial charge in [-0.1, -0.05) is 62.2 Å². The number of nitrogens with zero attached hydrogens (tertiary/aromatic N) is 5. The quantitative estimate of drug-likeness (QED) is 0.102. The molecule has 7 rings (SSSR count). The van der Waals surface area contributed by atoms with E-state index in [4.69, 9.17) is 14.5 Å². The second-order valence-corrected chi connectivity index (χ2v) is 15.6. The molecule has 0 bridgehead atoms. The van der Waals surface area contributed by atoms with E-state index in [9.17, 15) is 19.2 Å². The number of hydrogen-bond donors (Lipinski definition) is 2. The molecule has 2 saturated heterocycles. The summed E-state index contributed by atoms with van der Waals surface area (Å²) >= 11 is 0. The lowest BCUT2D eigenvalue weighted by atomic mass is 9.91. The topological polar surface area (TPSA) is 163 Å². The highest BCUT2D eigenvalue weighted by atomic mass is 16.5. The van der Waals surface area contributed by atoms with E-state index in [-0.39, 0.29) is 42.7 Å². The fourth-order valence-electron chi connectivity index (χ4n) is 8.20. The number of esters is 2. The minimum atomic E-state index is -0.662. The van der Waals surface area contributed by atoms with Gasteiger partial charge in [-0.15, -0.1) is 0 Å². The van der Waals surface area contributed by atoms with E-state index in [1.54, 1.807) is 29.7 Å². The van der Waals surface area contributed by atoms with Crippen LogP contribution in [0.25, 0.3) is 22.4 Å². The predicted octanol–water partition coefficient (Wildman–Crippen LogP) is 6.77. The number of likely N-dealkylation sites (tertiary alicyclic amines) is 2. The monoisotopic (exact) mass is 819 g/mol. The van der Waals surface area contributed by atoms with Gasteiger partial charge in [-0.2, -0.15) is 0 Å². The Kier molecular flexibility index (Phi) is 13.4. The first kappa shape index (κ1) is 42.1. The van der Waals surface area contributed by atoms with Crippen LogP contribution in [0.2, 0.25) is 0 Å². The van der Waals surface area contributed by atoms with Crippen LogP contribution < -0.4 is 0 Å². The average molecular weight is 820 g/mol. The van der Waals surface area contributed by atoms with E-state index < -0.39 is 23.8 Å². The lowest BCUT2D eigenvalue weighted by molar-refractivity contribution is -0.148. The number of hydrogen-bond acceptors (Lipinski definition) is 9. The van der Waals surface area contributed by atoms with Crippen molar-refractivity contribution in [1.82, 2.24) is 34.7 Å². The van der Waals surface area contributed by atoms with E-state index >= 15 is 0 Å². The molecule has 2 aromatic carbocycles. The van der Waals surface area contributed by atoms with Crippen LogP contribution in [0, 0.1) is 35.5 Å². The molecular weight excluding hydrogens is 771 g/mol. The molecule has 13 nitrogen and oxygen atoms in total. The van der Waals surface area contributed by atoms with Gasteiger partial charge in [-0.3, -0.25) is 24.2 Å². The second kappa shape index (κ2) is 19.4. The molecule has 2 fully saturated rings. The number of amides is 2. The third-order valence-electron chi connectivity index (χ3n) is 11.5. The number of methoxy groups -OCH3 is 2. The normalized spacial score (nSPS) is 16.9. The molecule has 0 unspecified atom stereocenters. The SMILES string of the molecule is COC(=O)C[C@H](C(=O)N1CCC[C@H]1c1ncc(-c2ccc(C#CC#Cc3cnc([C@@H]4CCCN4C(=O)[C@H](CC(=O)OC)c4ccccc4)[nH]3)c(-c3cccnc3)c2)[nH]1)C(C)C. The number of pyridine rings is 1. The van der Waals surface area contributed by atoms with Gasteiger partial charge in [0.25, 0.3) is 0 Å². The summed E-state index contributed by atoms with van der Waals surface area (Å²) in [7, 11) is 2.67. The third-order valence-corrected chi connectivity index (χ3v) is 11.5. The van der Waals surface area contributed by atoms with Crippen molar-refractivity contribution in [3.8, 4) is 46.1 Å². The maximum absolute atomic E-state index is 13.9. The van der Waals surface area contributed by atoms with Crippen LogP contribution in [0.3, 0.4) is 0 Å². The summed E-state index contributed by atoms with van der Waals surface area (Å²) in [5, 5.41) is 0. The third kappa shape index (κ3) is 9.74. The first-order valence-electron chi connectivity index (χ1n) is 20.6. The lowest BCUT2D eigenvalue weighted by Crippen LogP contribution is -2.39. The zero-order chi connectivity index (χ0) is 42.9. The van der Waals surface area contributed by atoms with Gasteiger partial charge < -0.3 is 29.2 Å². The Morgan fingerprint density at radius 3 is 2.11 bits per heavy atom. The molecule has 4 atom stereocenters. The molecule has 2 aliphatic rings. The van der Waals surface area contributed by atoms with Crippen LogP contribution in [-0.4, -0.2) is 85.8 Å². The van der Waals surface area contributed by atoms with Crippen LogP contribution >= 0.6 is 0 Å². The molecule has 2 amide bonds. The van der Waals surface area contributed by atoms with Crippen molar-refractivity contribution >= 4 is 23.8 Å². The number of aromatic nitrogens is 5. The van der Waals surface area contributed by atoms with Crippen LogP contribution in [0.5, 0.6) is 0 Å². The highest BCUT2D eigenvalue weighted by Gasteiger charge is 2.39.